The van der Waals surface area contributed by atoms with Gasteiger partial charge in [-0.15, -0.1) is 0 Å². The Hall–Kier alpha value is -1.02. The number of benzene rings is 1. The number of para-hydroxylation sites is 1. The molecule has 0 saturated carbocycles. The fourth-order valence-corrected chi connectivity index (χ4v) is 2.88. The number of nitrogens with one attached hydrogen (secondary N) is 1. The lowest BCUT2D eigenvalue weighted by atomic mass is 9.87. The van der Waals surface area contributed by atoms with E-state index in [0.717, 1.165) is 31.4 Å². The molecule has 1 N–H and O–H groups in total. The summed E-state index contributed by atoms with van der Waals surface area (Å²) in [6.45, 7) is 5.29. The number of fused-ring (bicyclic) bond motifs is 3. The van der Waals surface area contributed by atoms with Gasteiger partial charge in [-0.3, -0.25) is 0 Å². The minimum absolute atomic E-state index is 0.669. The van der Waals surface area contributed by atoms with Crippen LogP contribution in [-0.2, 0) is 0 Å². The van der Waals surface area contributed by atoms with Crippen LogP contribution in [0.5, 0.6) is 5.75 Å². The van der Waals surface area contributed by atoms with Crippen molar-refractivity contribution >= 4 is 0 Å². The first-order chi connectivity index (χ1) is 7.36. The van der Waals surface area contributed by atoms with Gasteiger partial charge in [-0.25, -0.2) is 0 Å². The number of rotatable bonds is 0. The lowest BCUT2D eigenvalue weighted by Crippen LogP contribution is -2.11. The summed E-state index contributed by atoms with van der Waals surface area (Å²) in [5, 5.41) is 3.50. The first kappa shape index (κ1) is 9.22. The standard InChI is InChI=1S/C13H17NO/c1-9-3-2-4-11-12-8-14-7-10(12)5-6-15-13(9)11/h2-4,10,12,14H,5-8H2,1H3/t10-,12-/m1/s1. The third-order valence-electron chi connectivity index (χ3n) is 3.72. The van der Waals surface area contributed by atoms with E-state index in [2.05, 4.69) is 30.4 Å². The Morgan fingerprint density at radius 2 is 2.27 bits per heavy atom. The molecule has 15 heavy (non-hydrogen) atoms. The maximum Gasteiger partial charge on any atom is 0.125 e. The fourth-order valence-electron chi connectivity index (χ4n) is 2.88. The maximum atomic E-state index is 5.89. The summed E-state index contributed by atoms with van der Waals surface area (Å²) in [6.07, 6.45) is 1.19. The lowest BCUT2D eigenvalue weighted by Gasteiger charge is -2.16. The van der Waals surface area contributed by atoms with E-state index >= 15 is 0 Å². The van der Waals surface area contributed by atoms with Gasteiger partial charge in [0.1, 0.15) is 5.75 Å². The van der Waals surface area contributed by atoms with Gasteiger partial charge in [0.15, 0.2) is 0 Å². The van der Waals surface area contributed by atoms with Gasteiger partial charge in [-0.1, -0.05) is 18.2 Å². The van der Waals surface area contributed by atoms with Crippen molar-refractivity contribution in [2.75, 3.05) is 19.7 Å². The van der Waals surface area contributed by atoms with Crippen LogP contribution >= 0.6 is 0 Å². The molecular weight excluding hydrogens is 186 g/mol. The van der Waals surface area contributed by atoms with Crippen molar-refractivity contribution in [2.45, 2.75) is 19.3 Å². The van der Waals surface area contributed by atoms with Gasteiger partial charge < -0.3 is 10.1 Å². The SMILES string of the molecule is Cc1cccc2c1OCC[C@@H]1CNC[C@@H]21. The van der Waals surface area contributed by atoms with Crippen molar-refractivity contribution in [3.8, 4) is 5.75 Å². The van der Waals surface area contributed by atoms with E-state index in [1.54, 1.807) is 0 Å². The summed E-state index contributed by atoms with van der Waals surface area (Å²) in [7, 11) is 0. The highest BCUT2D eigenvalue weighted by Gasteiger charge is 2.32. The normalized spacial score (nSPS) is 28.9. The summed E-state index contributed by atoms with van der Waals surface area (Å²) < 4.78 is 5.89. The fraction of sp³-hybridized carbons (Fsp3) is 0.538. The second-order valence-electron chi connectivity index (χ2n) is 4.66. The van der Waals surface area contributed by atoms with Crippen LogP contribution in [0.4, 0.5) is 0 Å². The Labute approximate surface area is 90.6 Å². The van der Waals surface area contributed by atoms with Crippen molar-refractivity contribution < 1.29 is 4.74 Å². The summed E-state index contributed by atoms with van der Waals surface area (Å²) in [5.74, 6) is 2.59. The van der Waals surface area contributed by atoms with Crippen LogP contribution in [-0.4, -0.2) is 19.7 Å². The van der Waals surface area contributed by atoms with E-state index in [4.69, 9.17) is 4.74 Å². The third-order valence-corrected chi connectivity index (χ3v) is 3.72. The van der Waals surface area contributed by atoms with Crippen molar-refractivity contribution in [3.63, 3.8) is 0 Å². The number of aryl methyl sites for hydroxylation is 1. The summed E-state index contributed by atoms with van der Waals surface area (Å²) >= 11 is 0. The molecule has 1 fully saturated rings. The van der Waals surface area contributed by atoms with Gasteiger partial charge in [0.2, 0.25) is 0 Å². The van der Waals surface area contributed by atoms with Crippen LogP contribution in [0, 0.1) is 12.8 Å². The second-order valence-corrected chi connectivity index (χ2v) is 4.66. The predicted molar refractivity (Wildman–Crippen MR) is 60.4 cm³/mol. The zero-order valence-electron chi connectivity index (χ0n) is 9.12. The summed E-state index contributed by atoms with van der Waals surface area (Å²) in [6, 6.07) is 6.53. The first-order valence-electron chi connectivity index (χ1n) is 5.79. The Morgan fingerprint density at radius 3 is 3.20 bits per heavy atom. The zero-order valence-corrected chi connectivity index (χ0v) is 9.12. The smallest absolute Gasteiger partial charge is 0.125 e. The average Bonchev–Trinajstić information content (AvgIpc) is 2.62. The Morgan fingerprint density at radius 1 is 1.33 bits per heavy atom. The second kappa shape index (κ2) is 3.53. The molecule has 80 valence electrons. The topological polar surface area (TPSA) is 21.3 Å². The minimum atomic E-state index is 0.669. The Kier molecular flexibility index (Phi) is 2.17. The highest BCUT2D eigenvalue weighted by atomic mass is 16.5. The molecule has 2 aliphatic heterocycles. The van der Waals surface area contributed by atoms with Gasteiger partial charge in [0, 0.05) is 12.5 Å². The highest BCUT2D eigenvalue weighted by Crippen LogP contribution is 2.39. The molecule has 0 aliphatic carbocycles. The molecular formula is C13H17NO. The molecule has 0 unspecified atom stereocenters. The van der Waals surface area contributed by atoms with Crippen molar-refractivity contribution in [1.82, 2.24) is 5.32 Å². The van der Waals surface area contributed by atoms with E-state index in [1.807, 2.05) is 0 Å². The largest absolute Gasteiger partial charge is 0.493 e. The Balaban J connectivity index is 2.09. The molecule has 0 aromatic heterocycles. The van der Waals surface area contributed by atoms with Crippen molar-refractivity contribution in [2.24, 2.45) is 5.92 Å². The molecule has 2 heterocycles. The molecule has 0 radical (unpaired) electrons. The van der Waals surface area contributed by atoms with Gasteiger partial charge in [0.25, 0.3) is 0 Å². The molecule has 0 spiro atoms. The van der Waals surface area contributed by atoms with E-state index in [-0.39, 0.29) is 0 Å². The minimum Gasteiger partial charge on any atom is -0.493 e. The highest BCUT2D eigenvalue weighted by molar-refractivity contribution is 5.44. The van der Waals surface area contributed by atoms with Crippen LogP contribution in [0.3, 0.4) is 0 Å². The molecule has 1 aromatic rings. The van der Waals surface area contributed by atoms with Crippen LogP contribution < -0.4 is 10.1 Å². The van der Waals surface area contributed by atoms with Gasteiger partial charge >= 0.3 is 0 Å². The van der Waals surface area contributed by atoms with E-state index in [9.17, 15) is 0 Å². The Bertz CT molecular complexity index is 375. The number of hydrogen-bond acceptors (Lipinski definition) is 2. The molecule has 2 heteroatoms. The monoisotopic (exact) mass is 203 g/mol. The molecule has 2 nitrogen and oxygen atoms in total. The van der Waals surface area contributed by atoms with Crippen LogP contribution in [0.2, 0.25) is 0 Å². The van der Waals surface area contributed by atoms with Crippen molar-refractivity contribution in [1.29, 1.82) is 0 Å². The molecule has 2 atom stereocenters. The summed E-state index contributed by atoms with van der Waals surface area (Å²) in [4.78, 5) is 0. The molecule has 2 aliphatic rings. The van der Waals surface area contributed by atoms with Crippen LogP contribution in [0.15, 0.2) is 18.2 Å². The van der Waals surface area contributed by atoms with Crippen molar-refractivity contribution in [3.05, 3.63) is 29.3 Å². The predicted octanol–water partition coefficient (Wildman–Crippen LogP) is 2.08. The summed E-state index contributed by atoms with van der Waals surface area (Å²) in [5.41, 5.74) is 2.70. The average molecular weight is 203 g/mol. The van der Waals surface area contributed by atoms with Crippen LogP contribution in [0.25, 0.3) is 0 Å². The van der Waals surface area contributed by atoms with E-state index in [0.29, 0.717) is 5.92 Å². The molecule has 0 amide bonds. The maximum absolute atomic E-state index is 5.89. The zero-order chi connectivity index (χ0) is 10.3. The van der Waals surface area contributed by atoms with Crippen LogP contribution in [0.1, 0.15) is 23.5 Å². The number of hydrogen-bond donors (Lipinski definition) is 1. The molecule has 3 rings (SSSR count). The van der Waals surface area contributed by atoms with Gasteiger partial charge in [0.05, 0.1) is 6.61 Å². The third kappa shape index (κ3) is 1.44. The number of ether oxygens (including phenoxy) is 1. The molecule has 1 aromatic carbocycles. The molecule has 0 bridgehead atoms. The van der Waals surface area contributed by atoms with E-state index in [1.165, 1.54) is 17.5 Å². The van der Waals surface area contributed by atoms with E-state index < -0.39 is 0 Å². The molecule has 1 saturated heterocycles. The van der Waals surface area contributed by atoms with Gasteiger partial charge in [-0.05, 0) is 36.9 Å². The lowest BCUT2D eigenvalue weighted by molar-refractivity contribution is 0.295. The van der Waals surface area contributed by atoms with Gasteiger partial charge in [-0.2, -0.15) is 0 Å². The first-order valence-corrected chi connectivity index (χ1v) is 5.79. The quantitative estimate of drug-likeness (QED) is 0.697.